The van der Waals surface area contributed by atoms with Gasteiger partial charge in [0.15, 0.2) is 5.65 Å². The van der Waals surface area contributed by atoms with Crippen LogP contribution < -0.4 is 11.4 Å². The smallest absolute Gasteiger partial charge is 0.351 e. The van der Waals surface area contributed by atoms with Gasteiger partial charge in [-0.25, -0.2) is 9.78 Å². The SMILES string of the molecule is CCOC(=O)CCCn1cnc2nc(=O)n(C)c(N)c21. The lowest BCUT2D eigenvalue weighted by molar-refractivity contribution is -0.143. The van der Waals surface area contributed by atoms with Crippen LogP contribution in [0.2, 0.25) is 0 Å². The van der Waals surface area contributed by atoms with E-state index < -0.39 is 5.69 Å². The third kappa shape index (κ3) is 2.63. The second-order valence-corrected chi connectivity index (χ2v) is 4.36. The van der Waals surface area contributed by atoms with Crippen molar-refractivity contribution in [2.24, 2.45) is 7.05 Å². The van der Waals surface area contributed by atoms with Crippen molar-refractivity contribution >= 4 is 23.0 Å². The second-order valence-electron chi connectivity index (χ2n) is 4.36. The Bertz CT molecular complexity index is 688. The largest absolute Gasteiger partial charge is 0.466 e. The predicted molar refractivity (Wildman–Crippen MR) is 73.0 cm³/mol. The molecular weight excluding hydrogens is 262 g/mol. The van der Waals surface area contributed by atoms with Gasteiger partial charge in [0.05, 0.1) is 12.9 Å². The minimum absolute atomic E-state index is 0.226. The lowest BCUT2D eigenvalue weighted by Gasteiger charge is -2.08. The molecule has 0 radical (unpaired) electrons. The molecule has 2 aromatic heterocycles. The van der Waals surface area contributed by atoms with E-state index in [1.54, 1.807) is 24.9 Å². The van der Waals surface area contributed by atoms with Crippen LogP contribution in [-0.2, 0) is 23.1 Å². The summed E-state index contributed by atoms with van der Waals surface area (Å²) in [6.45, 7) is 2.71. The standard InChI is InChI=1S/C12H17N5O3/c1-3-20-8(18)5-4-6-17-7-14-11-9(17)10(13)16(2)12(19)15-11/h7H,3-6,13H2,1-2H3. The molecular formula is C12H17N5O3. The summed E-state index contributed by atoms with van der Waals surface area (Å²) in [6, 6.07) is 0. The van der Waals surface area contributed by atoms with Crippen LogP contribution in [0.25, 0.3) is 11.2 Å². The van der Waals surface area contributed by atoms with Crippen LogP contribution in [0.1, 0.15) is 19.8 Å². The van der Waals surface area contributed by atoms with E-state index in [4.69, 9.17) is 10.5 Å². The van der Waals surface area contributed by atoms with E-state index in [0.717, 1.165) is 0 Å². The van der Waals surface area contributed by atoms with E-state index in [1.165, 1.54) is 4.57 Å². The third-order valence-corrected chi connectivity index (χ3v) is 3.00. The van der Waals surface area contributed by atoms with Crippen molar-refractivity contribution in [2.75, 3.05) is 12.3 Å². The first kappa shape index (κ1) is 14.0. The van der Waals surface area contributed by atoms with Gasteiger partial charge >= 0.3 is 11.7 Å². The molecule has 0 amide bonds. The molecule has 2 aromatic rings. The molecule has 0 bridgehead atoms. The zero-order valence-electron chi connectivity index (χ0n) is 11.5. The molecule has 108 valence electrons. The quantitative estimate of drug-likeness (QED) is 0.776. The maximum atomic E-state index is 11.5. The first-order valence-corrected chi connectivity index (χ1v) is 6.37. The van der Waals surface area contributed by atoms with Gasteiger partial charge in [-0.15, -0.1) is 0 Å². The number of ether oxygens (including phenoxy) is 1. The Morgan fingerprint density at radius 1 is 1.50 bits per heavy atom. The van der Waals surface area contributed by atoms with E-state index in [-0.39, 0.29) is 5.97 Å². The van der Waals surface area contributed by atoms with E-state index in [9.17, 15) is 9.59 Å². The van der Waals surface area contributed by atoms with E-state index >= 15 is 0 Å². The summed E-state index contributed by atoms with van der Waals surface area (Å²) in [6.07, 6.45) is 2.50. The van der Waals surface area contributed by atoms with Crippen LogP contribution in [0.15, 0.2) is 11.1 Å². The highest BCUT2D eigenvalue weighted by Crippen LogP contribution is 2.16. The fourth-order valence-electron chi connectivity index (χ4n) is 1.94. The number of nitrogen functional groups attached to an aromatic ring is 1. The Kier molecular flexibility index (Phi) is 4.02. The van der Waals surface area contributed by atoms with Crippen molar-refractivity contribution in [3.8, 4) is 0 Å². The molecule has 2 N–H and O–H groups in total. The Hall–Kier alpha value is -2.38. The molecule has 0 fully saturated rings. The fraction of sp³-hybridized carbons (Fsp3) is 0.500. The molecule has 0 aliphatic carbocycles. The highest BCUT2D eigenvalue weighted by molar-refractivity contribution is 5.81. The minimum Gasteiger partial charge on any atom is -0.466 e. The monoisotopic (exact) mass is 279 g/mol. The van der Waals surface area contributed by atoms with Crippen LogP contribution in [0.5, 0.6) is 0 Å². The van der Waals surface area contributed by atoms with Crippen molar-refractivity contribution in [3.05, 3.63) is 16.8 Å². The van der Waals surface area contributed by atoms with Crippen molar-refractivity contribution in [1.29, 1.82) is 0 Å². The van der Waals surface area contributed by atoms with Gasteiger partial charge in [-0.1, -0.05) is 0 Å². The molecule has 0 unspecified atom stereocenters. The number of fused-ring (bicyclic) bond motifs is 1. The van der Waals surface area contributed by atoms with Crippen molar-refractivity contribution < 1.29 is 9.53 Å². The van der Waals surface area contributed by atoms with Gasteiger partial charge in [0, 0.05) is 20.0 Å². The summed E-state index contributed by atoms with van der Waals surface area (Å²) in [7, 11) is 1.56. The molecule has 0 aliphatic rings. The van der Waals surface area contributed by atoms with Gasteiger partial charge < -0.3 is 15.0 Å². The number of carbonyl (C=O) groups is 1. The van der Waals surface area contributed by atoms with Gasteiger partial charge in [-0.05, 0) is 13.3 Å². The number of hydrogen-bond acceptors (Lipinski definition) is 6. The van der Waals surface area contributed by atoms with Crippen molar-refractivity contribution in [2.45, 2.75) is 26.3 Å². The molecule has 0 aliphatic heterocycles. The maximum absolute atomic E-state index is 11.5. The number of esters is 1. The van der Waals surface area contributed by atoms with Gasteiger partial charge in [0.2, 0.25) is 0 Å². The normalized spacial score (nSPS) is 10.9. The molecule has 0 aromatic carbocycles. The Morgan fingerprint density at radius 3 is 2.95 bits per heavy atom. The third-order valence-electron chi connectivity index (χ3n) is 3.00. The number of aromatic nitrogens is 4. The summed E-state index contributed by atoms with van der Waals surface area (Å²) in [5.41, 5.74) is 6.40. The van der Waals surface area contributed by atoms with Crippen molar-refractivity contribution in [3.63, 3.8) is 0 Å². The van der Waals surface area contributed by atoms with Gasteiger partial charge in [0.25, 0.3) is 0 Å². The van der Waals surface area contributed by atoms with Crippen LogP contribution in [0, 0.1) is 0 Å². The first-order chi connectivity index (χ1) is 9.54. The molecule has 0 spiro atoms. The van der Waals surface area contributed by atoms with Crippen LogP contribution >= 0.6 is 0 Å². The topological polar surface area (TPSA) is 105 Å². The lowest BCUT2D eigenvalue weighted by atomic mass is 10.3. The van der Waals surface area contributed by atoms with E-state index in [2.05, 4.69) is 9.97 Å². The number of nitrogens with two attached hydrogens (primary N) is 1. The molecule has 20 heavy (non-hydrogen) atoms. The fourth-order valence-corrected chi connectivity index (χ4v) is 1.94. The molecule has 0 saturated carbocycles. The molecule has 0 saturated heterocycles. The molecule has 2 heterocycles. The van der Waals surface area contributed by atoms with E-state index in [1.807, 2.05) is 0 Å². The Morgan fingerprint density at radius 2 is 2.25 bits per heavy atom. The molecule has 8 nitrogen and oxygen atoms in total. The lowest BCUT2D eigenvalue weighted by Crippen LogP contribution is -2.23. The van der Waals surface area contributed by atoms with Crippen molar-refractivity contribution in [1.82, 2.24) is 19.1 Å². The zero-order valence-corrected chi connectivity index (χ0v) is 11.5. The van der Waals surface area contributed by atoms with Gasteiger partial charge in [0.1, 0.15) is 11.3 Å². The highest BCUT2D eigenvalue weighted by Gasteiger charge is 2.12. The van der Waals surface area contributed by atoms with Crippen LogP contribution in [0.3, 0.4) is 0 Å². The maximum Gasteiger partial charge on any atom is 0.351 e. The molecule has 8 heteroatoms. The number of nitrogens with zero attached hydrogens (tertiary/aromatic N) is 4. The summed E-state index contributed by atoms with van der Waals surface area (Å²) in [4.78, 5) is 30.7. The number of imidazole rings is 1. The average molecular weight is 279 g/mol. The summed E-state index contributed by atoms with van der Waals surface area (Å²) < 4.78 is 7.92. The number of aryl methyl sites for hydroxylation is 1. The Balaban J connectivity index is 2.17. The van der Waals surface area contributed by atoms with Crippen LogP contribution in [-0.4, -0.2) is 31.7 Å². The summed E-state index contributed by atoms with van der Waals surface area (Å²) in [5, 5.41) is 0. The first-order valence-electron chi connectivity index (χ1n) is 6.37. The number of carbonyl (C=O) groups excluding carboxylic acids is 1. The minimum atomic E-state index is -0.438. The van der Waals surface area contributed by atoms with E-state index in [0.29, 0.717) is 43.0 Å². The van der Waals surface area contributed by atoms with Gasteiger partial charge in [-0.3, -0.25) is 9.36 Å². The average Bonchev–Trinajstić information content (AvgIpc) is 2.79. The summed E-state index contributed by atoms with van der Waals surface area (Å²) >= 11 is 0. The predicted octanol–water partition coefficient (Wildman–Crippen LogP) is 0.0555. The zero-order chi connectivity index (χ0) is 14.7. The van der Waals surface area contributed by atoms with Crippen LogP contribution in [0.4, 0.5) is 5.82 Å². The number of anilines is 1. The second kappa shape index (κ2) is 5.72. The highest BCUT2D eigenvalue weighted by atomic mass is 16.5. The number of hydrogen-bond donors (Lipinski definition) is 1. The number of rotatable bonds is 5. The molecule has 2 rings (SSSR count). The summed E-state index contributed by atoms with van der Waals surface area (Å²) in [5.74, 6) is 0.0871. The van der Waals surface area contributed by atoms with Gasteiger partial charge in [-0.2, -0.15) is 4.98 Å². The Labute approximate surface area is 115 Å². The molecule has 0 atom stereocenters.